The Morgan fingerprint density at radius 1 is 1.18 bits per heavy atom. The summed E-state index contributed by atoms with van der Waals surface area (Å²) < 4.78 is 10.6. The number of hydrogen-bond donors (Lipinski definition) is 1. The van der Waals surface area contributed by atoms with Gasteiger partial charge in [-0.2, -0.15) is 0 Å². The average Bonchev–Trinajstić information content (AvgIpc) is 2.86. The van der Waals surface area contributed by atoms with Crippen molar-refractivity contribution in [1.29, 1.82) is 0 Å². The van der Waals surface area contributed by atoms with Gasteiger partial charge in [-0.25, -0.2) is 0 Å². The van der Waals surface area contributed by atoms with Crippen molar-refractivity contribution < 1.29 is 9.47 Å². The smallest absolute Gasteiger partial charge is 0.122 e. The average molecular weight is 235 g/mol. The predicted octanol–water partition coefficient (Wildman–Crippen LogP) is 2.76. The molecule has 2 atom stereocenters. The molecule has 3 nitrogen and oxygen atoms in total. The Labute approximate surface area is 103 Å². The lowest BCUT2D eigenvalue weighted by Gasteiger charge is -2.20. The van der Waals surface area contributed by atoms with Crippen LogP contribution in [0, 0.1) is 5.92 Å². The molecule has 1 heterocycles. The second-order valence-electron chi connectivity index (χ2n) is 4.53. The maximum atomic E-state index is 5.32. The van der Waals surface area contributed by atoms with Gasteiger partial charge >= 0.3 is 0 Å². The van der Waals surface area contributed by atoms with E-state index in [4.69, 9.17) is 9.47 Å². The number of methoxy groups -OCH3 is 2. The normalized spacial score (nSPS) is 23.7. The van der Waals surface area contributed by atoms with Crippen LogP contribution in [-0.4, -0.2) is 20.8 Å². The minimum Gasteiger partial charge on any atom is -0.497 e. The molecule has 1 fully saturated rings. The van der Waals surface area contributed by atoms with Gasteiger partial charge in [0.2, 0.25) is 0 Å². The van der Waals surface area contributed by atoms with Crippen LogP contribution in [-0.2, 0) is 0 Å². The van der Waals surface area contributed by atoms with Crippen LogP contribution in [0.5, 0.6) is 11.5 Å². The highest BCUT2D eigenvalue weighted by atomic mass is 16.5. The molecule has 1 N–H and O–H groups in total. The van der Waals surface area contributed by atoms with Crippen molar-refractivity contribution in [3.05, 3.63) is 23.8 Å². The summed E-state index contributed by atoms with van der Waals surface area (Å²) in [6, 6.07) is 6.56. The van der Waals surface area contributed by atoms with E-state index < -0.39 is 0 Å². The Kier molecular flexibility index (Phi) is 3.89. The van der Waals surface area contributed by atoms with Gasteiger partial charge in [0.25, 0.3) is 0 Å². The molecule has 1 aromatic carbocycles. The van der Waals surface area contributed by atoms with Crippen molar-refractivity contribution >= 4 is 0 Å². The second kappa shape index (κ2) is 5.41. The van der Waals surface area contributed by atoms with E-state index in [1.807, 2.05) is 6.07 Å². The first kappa shape index (κ1) is 12.2. The third-order valence-corrected chi connectivity index (χ3v) is 3.61. The molecule has 1 saturated heterocycles. The maximum Gasteiger partial charge on any atom is 0.122 e. The van der Waals surface area contributed by atoms with Crippen molar-refractivity contribution in [3.63, 3.8) is 0 Å². The molecular weight excluding hydrogens is 214 g/mol. The molecule has 3 heteroatoms. The standard InChI is InChI=1S/C14H21NO2/c1-4-10-5-6-15-14(10)11-7-12(16-2)9-13(8-11)17-3/h7-10,14-15H,4-6H2,1-3H3. The highest BCUT2D eigenvalue weighted by molar-refractivity contribution is 5.40. The summed E-state index contributed by atoms with van der Waals surface area (Å²) in [6.45, 7) is 3.35. The Hall–Kier alpha value is -1.22. The zero-order chi connectivity index (χ0) is 12.3. The van der Waals surface area contributed by atoms with Crippen LogP contribution in [0.3, 0.4) is 0 Å². The minimum atomic E-state index is 0.434. The lowest BCUT2D eigenvalue weighted by Crippen LogP contribution is -2.17. The van der Waals surface area contributed by atoms with Crippen molar-refractivity contribution in [1.82, 2.24) is 5.32 Å². The first-order chi connectivity index (χ1) is 8.28. The van der Waals surface area contributed by atoms with Gasteiger partial charge in [0.1, 0.15) is 11.5 Å². The molecule has 0 aromatic heterocycles. The van der Waals surface area contributed by atoms with E-state index in [9.17, 15) is 0 Å². The molecule has 94 valence electrons. The first-order valence-corrected chi connectivity index (χ1v) is 6.24. The first-order valence-electron chi connectivity index (χ1n) is 6.24. The van der Waals surface area contributed by atoms with E-state index in [1.54, 1.807) is 14.2 Å². The van der Waals surface area contributed by atoms with Gasteiger partial charge in [-0.05, 0) is 36.6 Å². The van der Waals surface area contributed by atoms with E-state index in [2.05, 4.69) is 24.4 Å². The molecule has 2 unspecified atom stereocenters. The topological polar surface area (TPSA) is 30.5 Å². The number of nitrogens with one attached hydrogen (secondary N) is 1. The van der Waals surface area contributed by atoms with Gasteiger partial charge in [0.05, 0.1) is 14.2 Å². The fourth-order valence-corrected chi connectivity index (χ4v) is 2.60. The fraction of sp³-hybridized carbons (Fsp3) is 0.571. The van der Waals surface area contributed by atoms with Gasteiger partial charge in [0, 0.05) is 12.1 Å². The minimum absolute atomic E-state index is 0.434. The number of ether oxygens (including phenoxy) is 2. The molecule has 2 rings (SSSR count). The number of benzene rings is 1. The van der Waals surface area contributed by atoms with Crippen molar-refractivity contribution in [2.24, 2.45) is 5.92 Å². The lowest BCUT2D eigenvalue weighted by molar-refractivity contribution is 0.388. The number of rotatable bonds is 4. The monoisotopic (exact) mass is 235 g/mol. The third kappa shape index (κ3) is 2.55. The van der Waals surface area contributed by atoms with E-state index in [0.29, 0.717) is 12.0 Å². The number of hydrogen-bond acceptors (Lipinski definition) is 3. The zero-order valence-corrected chi connectivity index (χ0v) is 10.8. The van der Waals surface area contributed by atoms with E-state index >= 15 is 0 Å². The molecule has 0 saturated carbocycles. The second-order valence-corrected chi connectivity index (χ2v) is 4.53. The molecule has 17 heavy (non-hydrogen) atoms. The van der Waals surface area contributed by atoms with Crippen LogP contribution in [0.4, 0.5) is 0 Å². The van der Waals surface area contributed by atoms with Gasteiger partial charge in [-0.15, -0.1) is 0 Å². The summed E-state index contributed by atoms with van der Waals surface area (Å²) in [7, 11) is 3.38. The largest absolute Gasteiger partial charge is 0.497 e. The van der Waals surface area contributed by atoms with E-state index in [-0.39, 0.29) is 0 Å². The molecule has 0 radical (unpaired) electrons. The van der Waals surface area contributed by atoms with Crippen LogP contribution in [0.2, 0.25) is 0 Å². The van der Waals surface area contributed by atoms with Gasteiger partial charge < -0.3 is 14.8 Å². The quantitative estimate of drug-likeness (QED) is 0.870. The molecule has 1 aliphatic rings. The fourth-order valence-electron chi connectivity index (χ4n) is 2.60. The molecule has 0 amide bonds. The predicted molar refractivity (Wildman–Crippen MR) is 68.7 cm³/mol. The van der Waals surface area contributed by atoms with Crippen molar-refractivity contribution in [3.8, 4) is 11.5 Å². The Morgan fingerprint density at radius 2 is 1.82 bits per heavy atom. The van der Waals surface area contributed by atoms with Crippen molar-refractivity contribution in [2.75, 3.05) is 20.8 Å². The molecule has 0 aliphatic carbocycles. The molecule has 1 aromatic rings. The summed E-state index contributed by atoms with van der Waals surface area (Å²) >= 11 is 0. The SMILES string of the molecule is CCC1CCNC1c1cc(OC)cc(OC)c1. The third-order valence-electron chi connectivity index (χ3n) is 3.61. The van der Waals surface area contributed by atoms with Gasteiger partial charge in [0.15, 0.2) is 0 Å². The molecule has 0 bridgehead atoms. The van der Waals surface area contributed by atoms with Crippen LogP contribution < -0.4 is 14.8 Å². The molecule has 0 spiro atoms. The summed E-state index contributed by atoms with van der Waals surface area (Å²) in [5, 5.41) is 3.57. The maximum absolute atomic E-state index is 5.32. The zero-order valence-electron chi connectivity index (χ0n) is 10.8. The Balaban J connectivity index is 2.30. The van der Waals surface area contributed by atoms with Gasteiger partial charge in [-0.1, -0.05) is 13.3 Å². The molecular formula is C14H21NO2. The lowest BCUT2D eigenvalue weighted by atomic mass is 9.92. The van der Waals surface area contributed by atoms with Crippen LogP contribution in [0.25, 0.3) is 0 Å². The van der Waals surface area contributed by atoms with E-state index in [1.165, 1.54) is 18.4 Å². The highest BCUT2D eigenvalue weighted by Gasteiger charge is 2.27. The molecule has 1 aliphatic heterocycles. The van der Waals surface area contributed by atoms with Crippen molar-refractivity contribution in [2.45, 2.75) is 25.8 Å². The van der Waals surface area contributed by atoms with Gasteiger partial charge in [-0.3, -0.25) is 0 Å². The van der Waals surface area contributed by atoms with Crippen LogP contribution in [0.15, 0.2) is 18.2 Å². The van der Waals surface area contributed by atoms with Crippen LogP contribution in [0.1, 0.15) is 31.4 Å². The summed E-state index contributed by atoms with van der Waals surface area (Å²) in [6.07, 6.45) is 2.46. The summed E-state index contributed by atoms with van der Waals surface area (Å²) in [5.74, 6) is 2.44. The Bertz CT molecular complexity index is 356. The Morgan fingerprint density at radius 3 is 2.35 bits per heavy atom. The summed E-state index contributed by atoms with van der Waals surface area (Å²) in [4.78, 5) is 0. The highest BCUT2D eigenvalue weighted by Crippen LogP contribution is 2.35. The van der Waals surface area contributed by atoms with Crippen LogP contribution >= 0.6 is 0 Å². The van der Waals surface area contributed by atoms with E-state index in [0.717, 1.165) is 18.0 Å². The summed E-state index contributed by atoms with van der Waals surface area (Å²) in [5.41, 5.74) is 1.27.